The number of nitrogens with one attached hydrogen (secondary N) is 1. The van der Waals surface area contributed by atoms with Gasteiger partial charge in [-0.2, -0.15) is 0 Å². The van der Waals surface area contributed by atoms with Crippen molar-refractivity contribution in [3.8, 4) is 0 Å². The Balaban J connectivity index is 2.31. The number of nitrogens with two attached hydrogens (primary N) is 1. The average Bonchev–Trinajstić information content (AvgIpc) is 3.10. The molecule has 0 bridgehead atoms. The second-order valence-corrected chi connectivity index (χ2v) is 7.18. The third kappa shape index (κ3) is 3.11. The maximum atomic E-state index is 12.2. The van der Waals surface area contributed by atoms with Gasteiger partial charge in [0.25, 0.3) is 0 Å². The fraction of sp³-hybridized carbons (Fsp3) is 0.667. The van der Waals surface area contributed by atoms with Crippen molar-refractivity contribution >= 4 is 27.8 Å². The molecule has 0 unspecified atom stereocenters. The molecule has 1 aromatic rings. The van der Waals surface area contributed by atoms with Crippen LogP contribution >= 0.6 is 11.3 Å². The van der Waals surface area contributed by atoms with Gasteiger partial charge in [-0.3, -0.25) is 4.79 Å². The first-order chi connectivity index (χ1) is 8.91. The molecule has 0 aliphatic heterocycles. The first-order valence-electron chi connectivity index (χ1n) is 7.12. The minimum absolute atomic E-state index is 0.00551. The van der Waals surface area contributed by atoms with Gasteiger partial charge in [0.05, 0.1) is 15.6 Å². The van der Waals surface area contributed by atoms with Crippen LogP contribution in [-0.4, -0.2) is 12.3 Å². The van der Waals surface area contributed by atoms with E-state index in [-0.39, 0.29) is 11.7 Å². The zero-order valence-corrected chi connectivity index (χ0v) is 13.1. The average molecular weight is 280 g/mol. The lowest BCUT2D eigenvalue weighted by Gasteiger charge is -2.09. The Morgan fingerprint density at radius 2 is 2.00 bits per heavy atom. The van der Waals surface area contributed by atoms with E-state index < -0.39 is 0 Å². The molecule has 4 heteroatoms. The van der Waals surface area contributed by atoms with Gasteiger partial charge in [-0.05, 0) is 24.7 Å². The fourth-order valence-corrected chi connectivity index (χ4v) is 3.41. The molecule has 0 amide bonds. The van der Waals surface area contributed by atoms with Gasteiger partial charge in [0.2, 0.25) is 0 Å². The predicted octanol–water partition coefficient (Wildman–Crippen LogP) is 4.11. The van der Waals surface area contributed by atoms with Crippen LogP contribution in [0.5, 0.6) is 0 Å². The van der Waals surface area contributed by atoms with Crippen LogP contribution in [0.1, 0.15) is 61.7 Å². The monoisotopic (exact) mass is 280 g/mol. The molecule has 1 aromatic heterocycles. The maximum absolute atomic E-state index is 12.2. The van der Waals surface area contributed by atoms with Crippen LogP contribution in [0.3, 0.4) is 0 Å². The Morgan fingerprint density at radius 3 is 2.47 bits per heavy atom. The zero-order chi connectivity index (χ0) is 14.2. The summed E-state index contributed by atoms with van der Waals surface area (Å²) < 4.78 is 0. The fourth-order valence-electron chi connectivity index (χ4n) is 2.11. The summed E-state index contributed by atoms with van der Waals surface area (Å²) in [7, 11) is 0. The zero-order valence-electron chi connectivity index (χ0n) is 12.2. The topological polar surface area (TPSA) is 55.1 Å². The molecule has 1 saturated carbocycles. The van der Waals surface area contributed by atoms with Crippen LogP contribution in [0.4, 0.5) is 10.7 Å². The highest BCUT2D eigenvalue weighted by atomic mass is 32.1. The van der Waals surface area contributed by atoms with Crippen LogP contribution in [0, 0.1) is 11.8 Å². The van der Waals surface area contributed by atoms with Gasteiger partial charge in [-0.1, -0.05) is 27.7 Å². The molecule has 1 fully saturated rings. The van der Waals surface area contributed by atoms with Crippen molar-refractivity contribution in [2.24, 2.45) is 11.8 Å². The van der Waals surface area contributed by atoms with E-state index in [0.717, 1.165) is 22.1 Å². The molecule has 1 aliphatic rings. The van der Waals surface area contributed by atoms with Crippen molar-refractivity contribution in [1.82, 2.24) is 0 Å². The summed E-state index contributed by atoms with van der Waals surface area (Å²) in [6.07, 6.45) is 2.40. The Labute approximate surface area is 119 Å². The van der Waals surface area contributed by atoms with E-state index in [2.05, 4.69) is 19.2 Å². The molecular weight excluding hydrogens is 256 g/mol. The Kier molecular flexibility index (Phi) is 4.19. The third-order valence-corrected chi connectivity index (χ3v) is 4.58. The Bertz CT molecular complexity index is 473. The number of hydrogen-bond acceptors (Lipinski definition) is 4. The van der Waals surface area contributed by atoms with E-state index in [4.69, 9.17) is 5.73 Å². The van der Waals surface area contributed by atoms with E-state index in [9.17, 15) is 4.79 Å². The lowest BCUT2D eigenvalue weighted by Crippen LogP contribution is -2.08. The van der Waals surface area contributed by atoms with Gasteiger partial charge in [-0.25, -0.2) is 0 Å². The number of ketones is 1. The molecule has 3 nitrogen and oxygen atoms in total. The molecule has 2 rings (SSSR count). The van der Waals surface area contributed by atoms with Crippen molar-refractivity contribution in [3.63, 3.8) is 0 Å². The molecular formula is C15H24N2OS. The number of Topliss-reactive ketones (excluding diaryl/α,β-unsaturated/α-hetero) is 1. The largest absolute Gasteiger partial charge is 0.397 e. The molecule has 1 aliphatic carbocycles. The number of nitrogen functional groups attached to an aromatic ring is 1. The number of rotatable bonds is 6. The van der Waals surface area contributed by atoms with Gasteiger partial charge in [0.15, 0.2) is 5.78 Å². The summed E-state index contributed by atoms with van der Waals surface area (Å²) in [5.74, 6) is 1.33. The summed E-state index contributed by atoms with van der Waals surface area (Å²) >= 11 is 1.55. The second kappa shape index (κ2) is 5.53. The molecule has 3 N–H and O–H groups in total. The number of carbonyl (C=O) groups excluding carboxylic acids is 1. The molecule has 0 atom stereocenters. The predicted molar refractivity (Wildman–Crippen MR) is 83.2 cm³/mol. The summed E-state index contributed by atoms with van der Waals surface area (Å²) in [6.45, 7) is 9.15. The highest BCUT2D eigenvalue weighted by Crippen LogP contribution is 2.51. The minimum Gasteiger partial charge on any atom is -0.397 e. The molecule has 106 valence electrons. The van der Waals surface area contributed by atoms with Crippen molar-refractivity contribution in [1.29, 1.82) is 0 Å². The number of thiophene rings is 1. The first kappa shape index (κ1) is 14.4. The standard InChI is InChI=1S/C15H24N2OS/c1-8(2)7-17-15-11(10-5-6-10)12(16)14(19-15)13(18)9(3)4/h8-10,17H,5-7,16H2,1-4H3. The van der Waals surface area contributed by atoms with E-state index in [1.165, 1.54) is 18.4 Å². The Morgan fingerprint density at radius 1 is 1.37 bits per heavy atom. The summed E-state index contributed by atoms with van der Waals surface area (Å²) in [6, 6.07) is 0. The van der Waals surface area contributed by atoms with E-state index in [1.54, 1.807) is 11.3 Å². The molecule has 0 spiro atoms. The summed E-state index contributed by atoms with van der Waals surface area (Å²) in [5.41, 5.74) is 8.18. The van der Waals surface area contributed by atoms with Gasteiger partial charge < -0.3 is 11.1 Å². The number of anilines is 2. The van der Waals surface area contributed by atoms with E-state index >= 15 is 0 Å². The quantitative estimate of drug-likeness (QED) is 0.771. The van der Waals surface area contributed by atoms with E-state index in [0.29, 0.717) is 11.8 Å². The third-order valence-electron chi connectivity index (χ3n) is 3.39. The molecule has 0 saturated heterocycles. The van der Waals surface area contributed by atoms with Gasteiger partial charge in [0, 0.05) is 18.0 Å². The normalized spacial score (nSPS) is 15.3. The highest BCUT2D eigenvalue weighted by Gasteiger charge is 2.33. The first-order valence-corrected chi connectivity index (χ1v) is 7.93. The van der Waals surface area contributed by atoms with E-state index in [1.807, 2.05) is 13.8 Å². The van der Waals surface area contributed by atoms with Crippen molar-refractivity contribution in [2.75, 3.05) is 17.6 Å². The SMILES string of the molecule is CC(C)CNc1sc(C(=O)C(C)C)c(N)c1C1CC1. The van der Waals surface area contributed by atoms with Crippen LogP contribution in [0.2, 0.25) is 0 Å². The number of carbonyl (C=O) groups is 1. The van der Waals surface area contributed by atoms with Gasteiger partial charge in [-0.15, -0.1) is 11.3 Å². The van der Waals surface area contributed by atoms with Crippen molar-refractivity contribution in [3.05, 3.63) is 10.4 Å². The molecule has 0 radical (unpaired) electrons. The highest BCUT2D eigenvalue weighted by molar-refractivity contribution is 7.18. The maximum Gasteiger partial charge on any atom is 0.177 e. The second-order valence-electron chi connectivity index (χ2n) is 6.16. The smallest absolute Gasteiger partial charge is 0.177 e. The molecule has 1 heterocycles. The lowest BCUT2D eigenvalue weighted by molar-refractivity contribution is 0.0944. The Hall–Kier alpha value is -1.03. The molecule has 0 aromatic carbocycles. The lowest BCUT2D eigenvalue weighted by atomic mass is 10.0. The minimum atomic E-state index is 0.00551. The summed E-state index contributed by atoms with van der Waals surface area (Å²) in [4.78, 5) is 13.0. The van der Waals surface area contributed by atoms with Crippen LogP contribution in [0.15, 0.2) is 0 Å². The van der Waals surface area contributed by atoms with Crippen LogP contribution in [-0.2, 0) is 0 Å². The van der Waals surface area contributed by atoms with Crippen molar-refractivity contribution in [2.45, 2.75) is 46.5 Å². The molecule has 19 heavy (non-hydrogen) atoms. The number of hydrogen-bond donors (Lipinski definition) is 2. The van der Waals surface area contributed by atoms with Gasteiger partial charge >= 0.3 is 0 Å². The summed E-state index contributed by atoms with van der Waals surface area (Å²) in [5, 5.41) is 4.60. The van der Waals surface area contributed by atoms with Gasteiger partial charge in [0.1, 0.15) is 0 Å². The van der Waals surface area contributed by atoms with Crippen molar-refractivity contribution < 1.29 is 4.79 Å². The van der Waals surface area contributed by atoms with Crippen LogP contribution < -0.4 is 11.1 Å². The van der Waals surface area contributed by atoms with Crippen LogP contribution in [0.25, 0.3) is 0 Å².